The highest BCUT2D eigenvalue weighted by Gasteiger charge is 2.30. The van der Waals surface area contributed by atoms with Gasteiger partial charge < -0.3 is 16.0 Å². The molecular formula is C16H21F3IN5O2. The van der Waals surface area contributed by atoms with E-state index in [0.717, 1.165) is 17.0 Å². The summed E-state index contributed by atoms with van der Waals surface area (Å²) in [5, 5.41) is 8.32. The van der Waals surface area contributed by atoms with Gasteiger partial charge in [0.25, 0.3) is 0 Å². The number of hydrogen-bond acceptors (Lipinski definition) is 3. The van der Waals surface area contributed by atoms with Crippen molar-refractivity contribution in [3.05, 3.63) is 35.4 Å². The predicted octanol–water partition coefficient (Wildman–Crippen LogP) is 1.93. The fraction of sp³-hybridized carbons (Fsp3) is 0.438. The van der Waals surface area contributed by atoms with Crippen molar-refractivity contribution in [1.82, 2.24) is 20.9 Å². The van der Waals surface area contributed by atoms with Gasteiger partial charge in [-0.1, -0.05) is 12.1 Å². The maximum atomic E-state index is 12.7. The van der Waals surface area contributed by atoms with Crippen LogP contribution in [0.3, 0.4) is 0 Å². The van der Waals surface area contributed by atoms with Crippen molar-refractivity contribution in [2.45, 2.75) is 19.6 Å². The number of hydrogen-bond donors (Lipinski definition) is 3. The molecule has 3 amide bonds. The quantitative estimate of drug-likeness (QED) is 0.242. The van der Waals surface area contributed by atoms with Gasteiger partial charge in [0.05, 0.1) is 18.7 Å². The number of nitrogens with zero attached hydrogens (tertiary/aromatic N) is 2. The van der Waals surface area contributed by atoms with Crippen molar-refractivity contribution in [1.29, 1.82) is 0 Å². The Balaban J connectivity index is 0.00000364. The van der Waals surface area contributed by atoms with Gasteiger partial charge in [-0.3, -0.25) is 9.69 Å². The van der Waals surface area contributed by atoms with Crippen LogP contribution in [0.25, 0.3) is 0 Å². The molecule has 0 bridgehead atoms. The number of halogens is 4. The van der Waals surface area contributed by atoms with Crippen LogP contribution in [0, 0.1) is 0 Å². The number of carbonyl (C=O) groups is 2. The minimum Gasteiger partial charge on any atom is -0.357 e. The second kappa shape index (κ2) is 10.3. The van der Waals surface area contributed by atoms with Gasteiger partial charge in [0.2, 0.25) is 5.91 Å². The number of nitrogens with one attached hydrogen (secondary N) is 3. The molecule has 0 saturated carbocycles. The van der Waals surface area contributed by atoms with Crippen molar-refractivity contribution in [2.24, 2.45) is 4.99 Å². The van der Waals surface area contributed by atoms with Crippen molar-refractivity contribution >= 4 is 41.9 Å². The zero-order chi connectivity index (χ0) is 19.2. The molecule has 1 aromatic carbocycles. The van der Waals surface area contributed by atoms with Crippen molar-refractivity contribution in [3.8, 4) is 0 Å². The van der Waals surface area contributed by atoms with Crippen LogP contribution in [0.2, 0.25) is 0 Å². The fourth-order valence-electron chi connectivity index (χ4n) is 2.33. The van der Waals surface area contributed by atoms with Crippen LogP contribution in [0.15, 0.2) is 29.3 Å². The van der Waals surface area contributed by atoms with Gasteiger partial charge in [-0.05, 0) is 24.6 Å². The number of imide groups is 1. The number of guanidine groups is 1. The van der Waals surface area contributed by atoms with Gasteiger partial charge in [-0.2, -0.15) is 13.2 Å². The van der Waals surface area contributed by atoms with Crippen LogP contribution in [0.5, 0.6) is 0 Å². The Labute approximate surface area is 171 Å². The maximum Gasteiger partial charge on any atom is 0.416 e. The summed E-state index contributed by atoms with van der Waals surface area (Å²) in [4.78, 5) is 28.2. The Kier molecular flexibility index (Phi) is 8.79. The molecule has 0 spiro atoms. The first-order valence-corrected chi connectivity index (χ1v) is 8.07. The lowest BCUT2D eigenvalue weighted by Crippen LogP contribution is -2.43. The first kappa shape index (κ1) is 23.0. The van der Waals surface area contributed by atoms with Crippen LogP contribution in [0.4, 0.5) is 18.0 Å². The summed E-state index contributed by atoms with van der Waals surface area (Å²) < 4.78 is 38.2. The molecule has 1 heterocycles. The van der Waals surface area contributed by atoms with Gasteiger partial charge >= 0.3 is 12.2 Å². The lowest BCUT2D eigenvalue weighted by atomic mass is 10.1. The molecule has 150 valence electrons. The van der Waals surface area contributed by atoms with Gasteiger partial charge in [-0.15, -0.1) is 24.0 Å². The Bertz CT molecular complexity index is 681. The molecule has 0 unspecified atom stereocenters. The summed E-state index contributed by atoms with van der Waals surface area (Å²) in [7, 11) is 0. The van der Waals surface area contributed by atoms with Gasteiger partial charge in [0.1, 0.15) is 0 Å². The molecule has 7 nitrogen and oxygen atoms in total. The Morgan fingerprint density at radius 1 is 1.30 bits per heavy atom. The monoisotopic (exact) mass is 499 g/mol. The van der Waals surface area contributed by atoms with E-state index in [4.69, 9.17) is 0 Å². The van der Waals surface area contributed by atoms with Crippen LogP contribution in [-0.2, 0) is 17.5 Å². The van der Waals surface area contributed by atoms with Crippen molar-refractivity contribution < 1.29 is 22.8 Å². The first-order valence-electron chi connectivity index (χ1n) is 8.07. The van der Waals surface area contributed by atoms with E-state index >= 15 is 0 Å². The number of urea groups is 1. The third kappa shape index (κ3) is 6.88. The highest BCUT2D eigenvalue weighted by molar-refractivity contribution is 14.0. The van der Waals surface area contributed by atoms with E-state index < -0.39 is 17.8 Å². The lowest BCUT2D eigenvalue weighted by Gasteiger charge is -2.15. The van der Waals surface area contributed by atoms with Crippen LogP contribution in [-0.4, -0.2) is 49.0 Å². The summed E-state index contributed by atoms with van der Waals surface area (Å²) in [6, 6.07) is 4.53. The maximum absolute atomic E-state index is 12.7. The largest absolute Gasteiger partial charge is 0.416 e. The normalized spacial score (nSPS) is 14.7. The standard InChI is InChI=1S/C16H20F3N5O2.HI/c1-2-20-14(21-6-7-24-13(25)10-23-15(24)26)22-9-11-4-3-5-12(8-11)16(17,18)19;/h3-5,8H,2,6-7,9-10H2,1H3,(H,23,26)(H2,20,21,22);1H. The van der Waals surface area contributed by atoms with E-state index in [2.05, 4.69) is 20.9 Å². The number of amides is 3. The number of aliphatic imine (C=N–C) groups is 1. The molecule has 0 atom stereocenters. The van der Waals surface area contributed by atoms with E-state index in [1.54, 1.807) is 6.07 Å². The lowest BCUT2D eigenvalue weighted by molar-refractivity contribution is -0.137. The topological polar surface area (TPSA) is 85.8 Å². The minimum absolute atomic E-state index is 0. The van der Waals surface area contributed by atoms with Crippen LogP contribution in [0.1, 0.15) is 18.1 Å². The molecule has 1 fully saturated rings. The molecular weight excluding hydrogens is 478 g/mol. The average molecular weight is 499 g/mol. The zero-order valence-corrected chi connectivity index (χ0v) is 16.9. The molecule has 0 aliphatic carbocycles. The SMILES string of the molecule is CCNC(=NCc1cccc(C(F)(F)F)c1)NCCN1C(=O)CNC1=O.I. The minimum atomic E-state index is -4.40. The molecule has 1 saturated heterocycles. The van der Waals surface area contributed by atoms with E-state index in [9.17, 15) is 22.8 Å². The van der Waals surface area contributed by atoms with Crippen molar-refractivity contribution in [3.63, 3.8) is 0 Å². The molecule has 11 heteroatoms. The number of benzene rings is 1. The van der Waals surface area contributed by atoms with Gasteiger partial charge in [0, 0.05) is 19.6 Å². The molecule has 1 aromatic rings. The number of carbonyl (C=O) groups excluding carboxylic acids is 2. The number of alkyl halides is 3. The highest BCUT2D eigenvalue weighted by atomic mass is 127. The molecule has 0 aromatic heterocycles. The van der Waals surface area contributed by atoms with Crippen LogP contribution >= 0.6 is 24.0 Å². The van der Waals surface area contributed by atoms with Crippen molar-refractivity contribution in [2.75, 3.05) is 26.2 Å². The van der Waals surface area contributed by atoms with E-state index in [1.165, 1.54) is 6.07 Å². The summed E-state index contributed by atoms with van der Waals surface area (Å²) in [6.45, 7) is 2.88. The molecule has 1 aliphatic rings. The zero-order valence-electron chi connectivity index (χ0n) is 14.6. The first-order chi connectivity index (χ1) is 12.3. The Hall–Kier alpha value is -2.05. The predicted molar refractivity (Wildman–Crippen MR) is 105 cm³/mol. The molecule has 0 radical (unpaired) electrons. The Morgan fingerprint density at radius 2 is 2.04 bits per heavy atom. The second-order valence-electron chi connectivity index (χ2n) is 5.52. The molecule has 1 aliphatic heterocycles. The van der Waals surface area contributed by atoms with E-state index in [0.29, 0.717) is 18.1 Å². The van der Waals surface area contributed by atoms with Gasteiger partial charge in [0.15, 0.2) is 5.96 Å². The Morgan fingerprint density at radius 3 is 2.63 bits per heavy atom. The summed E-state index contributed by atoms with van der Waals surface area (Å²) in [5.74, 6) is 0.0830. The van der Waals surface area contributed by atoms with Crippen LogP contribution < -0.4 is 16.0 Å². The summed E-state index contributed by atoms with van der Waals surface area (Å²) >= 11 is 0. The summed E-state index contributed by atoms with van der Waals surface area (Å²) in [6.07, 6.45) is -4.40. The smallest absolute Gasteiger partial charge is 0.357 e. The third-order valence-corrected chi connectivity index (χ3v) is 3.58. The molecule has 2 rings (SSSR count). The third-order valence-electron chi connectivity index (χ3n) is 3.58. The van der Waals surface area contributed by atoms with E-state index in [1.807, 2.05) is 6.92 Å². The average Bonchev–Trinajstić information content (AvgIpc) is 2.91. The second-order valence-corrected chi connectivity index (χ2v) is 5.52. The van der Waals surface area contributed by atoms with Gasteiger partial charge in [-0.25, -0.2) is 9.79 Å². The number of rotatable bonds is 6. The van der Waals surface area contributed by atoms with E-state index in [-0.39, 0.29) is 56.1 Å². The molecule has 3 N–H and O–H groups in total. The summed E-state index contributed by atoms with van der Waals surface area (Å²) in [5.41, 5.74) is -0.298. The molecule has 27 heavy (non-hydrogen) atoms. The fourth-order valence-corrected chi connectivity index (χ4v) is 2.33. The highest BCUT2D eigenvalue weighted by Crippen LogP contribution is 2.29.